The molecule has 1 aliphatic heterocycles. The first-order chi connectivity index (χ1) is 5.25. The third kappa shape index (κ3) is 2.27. The van der Waals surface area contributed by atoms with E-state index in [0.29, 0.717) is 6.04 Å². The minimum Gasteiger partial charge on any atom is -0.243 e. The highest BCUT2D eigenvalue weighted by Crippen LogP contribution is 2.19. The molecular formula is C8H17NOS. The fourth-order valence-corrected chi connectivity index (χ4v) is 2.78. The van der Waals surface area contributed by atoms with Gasteiger partial charge in [-0.3, -0.25) is 0 Å². The fourth-order valence-electron chi connectivity index (χ4n) is 1.72. The second-order valence-corrected chi connectivity index (χ2v) is 4.44. The highest BCUT2D eigenvalue weighted by atomic mass is 32.2. The van der Waals surface area contributed by atoms with E-state index in [2.05, 4.69) is 11.2 Å². The van der Waals surface area contributed by atoms with Gasteiger partial charge in [-0.05, 0) is 19.3 Å². The average Bonchev–Trinajstić information content (AvgIpc) is 2.04. The molecule has 66 valence electrons. The van der Waals surface area contributed by atoms with Gasteiger partial charge in [-0.15, -0.1) is 0 Å². The summed E-state index contributed by atoms with van der Waals surface area (Å²) in [7, 11) is -0.749. The van der Waals surface area contributed by atoms with Gasteiger partial charge in [-0.1, -0.05) is 13.3 Å². The van der Waals surface area contributed by atoms with Crippen molar-refractivity contribution in [2.75, 3.05) is 12.8 Å². The van der Waals surface area contributed by atoms with Crippen LogP contribution < -0.4 is 0 Å². The van der Waals surface area contributed by atoms with Crippen LogP contribution in [0.5, 0.6) is 0 Å². The number of hydrogen-bond acceptors (Lipinski definition) is 1. The molecule has 11 heavy (non-hydrogen) atoms. The second-order valence-electron chi connectivity index (χ2n) is 3.12. The Morgan fingerprint density at radius 3 is 2.73 bits per heavy atom. The number of nitrogens with zero attached hydrogens (tertiary/aromatic N) is 1. The molecule has 3 heteroatoms. The Hall–Kier alpha value is 0.110. The second kappa shape index (κ2) is 4.21. The molecule has 0 aliphatic carbocycles. The van der Waals surface area contributed by atoms with Gasteiger partial charge in [-0.2, -0.15) is 0 Å². The Balaban J connectivity index is 2.51. The molecule has 2 atom stereocenters. The Morgan fingerprint density at radius 2 is 2.27 bits per heavy atom. The highest BCUT2D eigenvalue weighted by molar-refractivity contribution is 7.81. The summed E-state index contributed by atoms with van der Waals surface area (Å²) in [5.74, 6) is 0. The molecule has 0 N–H and O–H groups in total. The van der Waals surface area contributed by atoms with Crippen LogP contribution in [0.1, 0.15) is 32.6 Å². The number of rotatable bonds is 2. The third-order valence-corrected chi connectivity index (χ3v) is 3.52. The summed E-state index contributed by atoms with van der Waals surface area (Å²) in [6, 6.07) is 0.578. The van der Waals surface area contributed by atoms with Crippen LogP contribution in [0.4, 0.5) is 0 Å². The zero-order valence-electron chi connectivity index (χ0n) is 7.38. The van der Waals surface area contributed by atoms with Gasteiger partial charge < -0.3 is 0 Å². The summed E-state index contributed by atoms with van der Waals surface area (Å²) in [5.41, 5.74) is 0. The molecule has 0 aromatic carbocycles. The predicted molar refractivity (Wildman–Crippen MR) is 48.7 cm³/mol. The average molecular weight is 175 g/mol. The molecule has 0 bridgehead atoms. The van der Waals surface area contributed by atoms with Gasteiger partial charge in [0.25, 0.3) is 0 Å². The first-order valence-electron chi connectivity index (χ1n) is 4.36. The van der Waals surface area contributed by atoms with Crippen molar-refractivity contribution >= 4 is 11.0 Å². The highest BCUT2D eigenvalue weighted by Gasteiger charge is 2.22. The molecule has 0 amide bonds. The van der Waals surface area contributed by atoms with Crippen LogP contribution in [0.3, 0.4) is 0 Å². The first kappa shape index (κ1) is 9.20. The monoisotopic (exact) mass is 175 g/mol. The van der Waals surface area contributed by atoms with Crippen molar-refractivity contribution in [2.24, 2.45) is 0 Å². The van der Waals surface area contributed by atoms with Crippen molar-refractivity contribution < 1.29 is 4.21 Å². The summed E-state index contributed by atoms with van der Waals surface area (Å²) in [6.45, 7) is 3.21. The maximum atomic E-state index is 11.2. The van der Waals surface area contributed by atoms with E-state index in [4.69, 9.17) is 0 Å². The van der Waals surface area contributed by atoms with Crippen molar-refractivity contribution in [1.82, 2.24) is 4.31 Å². The number of hydrogen-bond donors (Lipinski definition) is 0. The summed E-state index contributed by atoms with van der Waals surface area (Å²) in [6.07, 6.45) is 6.69. The van der Waals surface area contributed by atoms with Gasteiger partial charge in [0.05, 0.1) is 11.0 Å². The van der Waals surface area contributed by atoms with Crippen LogP contribution in [-0.4, -0.2) is 27.4 Å². The molecule has 0 aromatic rings. The molecule has 0 aromatic heterocycles. The minimum atomic E-state index is -0.749. The van der Waals surface area contributed by atoms with Crippen LogP contribution in [-0.2, 0) is 11.0 Å². The molecule has 1 rings (SSSR count). The van der Waals surface area contributed by atoms with E-state index in [1.807, 2.05) is 0 Å². The molecule has 1 saturated heterocycles. The van der Waals surface area contributed by atoms with E-state index < -0.39 is 11.0 Å². The zero-order valence-corrected chi connectivity index (χ0v) is 8.19. The predicted octanol–water partition coefficient (Wildman–Crippen LogP) is 1.54. The van der Waals surface area contributed by atoms with Crippen molar-refractivity contribution in [3.63, 3.8) is 0 Å². The lowest BCUT2D eigenvalue weighted by Gasteiger charge is -2.32. The molecule has 0 saturated carbocycles. The summed E-state index contributed by atoms with van der Waals surface area (Å²) in [4.78, 5) is 0. The quantitative estimate of drug-likeness (QED) is 0.623. The van der Waals surface area contributed by atoms with E-state index in [1.54, 1.807) is 6.26 Å². The largest absolute Gasteiger partial charge is 0.243 e. The van der Waals surface area contributed by atoms with E-state index in [-0.39, 0.29) is 0 Å². The molecular weight excluding hydrogens is 158 g/mol. The lowest BCUT2D eigenvalue weighted by Crippen LogP contribution is -2.39. The molecule has 2 unspecified atom stereocenters. The normalized spacial score (nSPS) is 30.2. The van der Waals surface area contributed by atoms with E-state index in [9.17, 15) is 4.21 Å². The Bertz CT molecular complexity index is 149. The number of piperidine rings is 1. The van der Waals surface area contributed by atoms with E-state index in [0.717, 1.165) is 13.0 Å². The van der Waals surface area contributed by atoms with Crippen LogP contribution >= 0.6 is 0 Å². The van der Waals surface area contributed by atoms with Gasteiger partial charge in [0.1, 0.15) is 0 Å². The van der Waals surface area contributed by atoms with Gasteiger partial charge >= 0.3 is 0 Å². The van der Waals surface area contributed by atoms with Crippen molar-refractivity contribution in [3.8, 4) is 0 Å². The zero-order chi connectivity index (χ0) is 8.27. The Morgan fingerprint density at radius 1 is 1.55 bits per heavy atom. The van der Waals surface area contributed by atoms with E-state index in [1.165, 1.54) is 19.3 Å². The van der Waals surface area contributed by atoms with E-state index >= 15 is 0 Å². The van der Waals surface area contributed by atoms with Crippen LogP contribution in [0.15, 0.2) is 0 Å². The van der Waals surface area contributed by atoms with Crippen LogP contribution in [0.2, 0.25) is 0 Å². The summed E-state index contributed by atoms with van der Waals surface area (Å²) >= 11 is 0. The molecule has 1 aliphatic rings. The smallest absolute Gasteiger partial charge is 0.0913 e. The minimum absolute atomic E-state index is 0.578. The lowest BCUT2D eigenvalue weighted by molar-refractivity contribution is 0.259. The molecule has 0 radical (unpaired) electrons. The van der Waals surface area contributed by atoms with Crippen molar-refractivity contribution in [2.45, 2.75) is 38.6 Å². The van der Waals surface area contributed by atoms with Gasteiger partial charge in [0.15, 0.2) is 0 Å². The first-order valence-corrected chi connectivity index (χ1v) is 5.87. The van der Waals surface area contributed by atoms with Crippen LogP contribution in [0, 0.1) is 0 Å². The van der Waals surface area contributed by atoms with Gasteiger partial charge in [-0.25, -0.2) is 8.51 Å². The van der Waals surface area contributed by atoms with Crippen molar-refractivity contribution in [3.05, 3.63) is 0 Å². The topological polar surface area (TPSA) is 20.3 Å². The molecule has 1 heterocycles. The molecule has 0 spiro atoms. The lowest BCUT2D eigenvalue weighted by atomic mass is 10.0. The maximum absolute atomic E-state index is 11.2. The molecule has 1 fully saturated rings. The Kier molecular flexibility index (Phi) is 3.52. The maximum Gasteiger partial charge on any atom is 0.0913 e. The third-order valence-electron chi connectivity index (χ3n) is 2.37. The molecule has 2 nitrogen and oxygen atoms in total. The van der Waals surface area contributed by atoms with Gasteiger partial charge in [0.2, 0.25) is 0 Å². The SMILES string of the molecule is CCC1CCCCN1S(C)=O. The standard InChI is InChI=1S/C8H17NOS/c1-3-8-6-4-5-7-9(8)11(2)10/h8H,3-7H2,1-2H3. The Labute approximate surface area is 71.6 Å². The fraction of sp³-hybridized carbons (Fsp3) is 1.00. The summed E-state index contributed by atoms with van der Waals surface area (Å²) in [5, 5.41) is 0. The van der Waals surface area contributed by atoms with Crippen LogP contribution in [0.25, 0.3) is 0 Å². The van der Waals surface area contributed by atoms with Gasteiger partial charge in [0, 0.05) is 18.8 Å². The van der Waals surface area contributed by atoms with Crippen molar-refractivity contribution in [1.29, 1.82) is 0 Å². The summed E-state index contributed by atoms with van der Waals surface area (Å²) < 4.78 is 13.3.